The van der Waals surface area contributed by atoms with Crippen LogP contribution in [0.1, 0.15) is 19.3 Å². The predicted molar refractivity (Wildman–Crippen MR) is 118 cm³/mol. The average Bonchev–Trinajstić information content (AvgIpc) is 3.22. The number of anilines is 2. The molecule has 2 amide bonds. The summed E-state index contributed by atoms with van der Waals surface area (Å²) in [6.45, 7) is 3.03. The number of para-hydroxylation sites is 3. The van der Waals surface area contributed by atoms with E-state index in [-0.39, 0.29) is 24.3 Å². The highest BCUT2D eigenvalue weighted by atomic mass is 16.2. The molecule has 1 saturated heterocycles. The van der Waals surface area contributed by atoms with Gasteiger partial charge in [0.25, 0.3) is 0 Å². The van der Waals surface area contributed by atoms with Crippen LogP contribution in [0.2, 0.25) is 0 Å². The highest BCUT2D eigenvalue weighted by Crippen LogP contribution is 2.37. The highest BCUT2D eigenvalue weighted by Gasteiger charge is 2.37. The standard InChI is InChI=1S/C24H26N4O2/c29-23(27-15-13-26(14-16-27)18-7-2-1-3-8-18)17-28-22-12-5-4-10-21(22)25-20-11-6-9-19(20)24(28)30/h1-5,7-8,10,12,19H,6,9,11,13-17H2. The molecule has 1 unspecified atom stereocenters. The number of piperazine rings is 1. The highest BCUT2D eigenvalue weighted by molar-refractivity contribution is 6.16. The number of hydrogen-bond acceptors (Lipinski definition) is 4. The van der Waals surface area contributed by atoms with Gasteiger partial charge < -0.3 is 14.7 Å². The second-order valence-electron chi connectivity index (χ2n) is 8.16. The summed E-state index contributed by atoms with van der Waals surface area (Å²) in [5.41, 5.74) is 3.71. The molecule has 1 atom stereocenters. The molecule has 5 rings (SSSR count). The van der Waals surface area contributed by atoms with Gasteiger partial charge in [-0.3, -0.25) is 14.6 Å². The van der Waals surface area contributed by atoms with Gasteiger partial charge in [-0.1, -0.05) is 30.3 Å². The van der Waals surface area contributed by atoms with Gasteiger partial charge in [-0.05, 0) is 43.5 Å². The largest absolute Gasteiger partial charge is 0.368 e. The number of hydrogen-bond donors (Lipinski definition) is 0. The molecule has 6 nitrogen and oxygen atoms in total. The Bertz CT molecular complexity index is 980. The Balaban J connectivity index is 1.31. The van der Waals surface area contributed by atoms with Gasteiger partial charge in [0.1, 0.15) is 6.54 Å². The van der Waals surface area contributed by atoms with Crippen molar-refractivity contribution in [3.8, 4) is 0 Å². The van der Waals surface area contributed by atoms with Crippen molar-refractivity contribution in [1.82, 2.24) is 4.90 Å². The molecular weight excluding hydrogens is 376 g/mol. The number of benzene rings is 2. The predicted octanol–water partition coefficient (Wildman–Crippen LogP) is 3.25. The molecule has 3 aliphatic rings. The number of nitrogens with zero attached hydrogens (tertiary/aromatic N) is 4. The van der Waals surface area contributed by atoms with Crippen LogP contribution in [0.4, 0.5) is 17.1 Å². The van der Waals surface area contributed by atoms with Crippen LogP contribution >= 0.6 is 0 Å². The molecule has 30 heavy (non-hydrogen) atoms. The Morgan fingerprint density at radius 3 is 2.50 bits per heavy atom. The van der Waals surface area contributed by atoms with Crippen LogP contribution in [0.15, 0.2) is 59.6 Å². The molecule has 1 aliphatic carbocycles. The summed E-state index contributed by atoms with van der Waals surface area (Å²) in [7, 11) is 0. The third kappa shape index (κ3) is 3.47. The van der Waals surface area contributed by atoms with E-state index in [1.807, 2.05) is 47.4 Å². The van der Waals surface area contributed by atoms with Crippen molar-refractivity contribution in [2.45, 2.75) is 19.3 Å². The molecule has 2 aromatic carbocycles. The van der Waals surface area contributed by atoms with Crippen molar-refractivity contribution in [2.24, 2.45) is 10.9 Å². The lowest BCUT2D eigenvalue weighted by Crippen LogP contribution is -2.52. The minimum absolute atomic E-state index is 0.00677. The first-order valence-corrected chi connectivity index (χ1v) is 10.8. The lowest BCUT2D eigenvalue weighted by atomic mass is 10.1. The summed E-state index contributed by atoms with van der Waals surface area (Å²) in [6.07, 6.45) is 2.68. The third-order valence-corrected chi connectivity index (χ3v) is 6.38. The summed E-state index contributed by atoms with van der Waals surface area (Å²) in [6, 6.07) is 18.0. The normalized spacial score (nSPS) is 21.1. The van der Waals surface area contributed by atoms with E-state index in [9.17, 15) is 9.59 Å². The number of carbonyl (C=O) groups is 2. The lowest BCUT2D eigenvalue weighted by molar-refractivity contribution is -0.132. The summed E-state index contributed by atoms with van der Waals surface area (Å²) in [4.78, 5) is 37.1. The van der Waals surface area contributed by atoms with Crippen LogP contribution < -0.4 is 9.80 Å². The van der Waals surface area contributed by atoms with Crippen LogP contribution in [0.5, 0.6) is 0 Å². The van der Waals surface area contributed by atoms with Gasteiger partial charge in [0.15, 0.2) is 0 Å². The van der Waals surface area contributed by atoms with Gasteiger partial charge in [0, 0.05) is 37.6 Å². The van der Waals surface area contributed by atoms with E-state index in [4.69, 9.17) is 4.99 Å². The molecule has 2 fully saturated rings. The van der Waals surface area contributed by atoms with E-state index in [0.29, 0.717) is 13.1 Å². The zero-order chi connectivity index (χ0) is 20.5. The first kappa shape index (κ1) is 18.9. The molecule has 2 aliphatic heterocycles. The number of rotatable bonds is 3. The van der Waals surface area contributed by atoms with Gasteiger partial charge in [0.2, 0.25) is 11.8 Å². The van der Waals surface area contributed by atoms with Crippen molar-refractivity contribution in [3.05, 3.63) is 54.6 Å². The molecular formula is C24H26N4O2. The molecule has 154 valence electrons. The SMILES string of the molecule is O=C(CN1C(=O)C2CCCC2=Nc2ccccc21)N1CCN(c2ccccc2)CC1. The second kappa shape index (κ2) is 7.94. The summed E-state index contributed by atoms with van der Waals surface area (Å²) in [5.74, 6) is -0.153. The summed E-state index contributed by atoms with van der Waals surface area (Å²) in [5, 5.41) is 0. The smallest absolute Gasteiger partial charge is 0.242 e. The topological polar surface area (TPSA) is 56.2 Å². The number of aliphatic imine (C=N–C) groups is 1. The average molecular weight is 402 g/mol. The molecule has 2 heterocycles. The summed E-state index contributed by atoms with van der Waals surface area (Å²) < 4.78 is 0. The monoisotopic (exact) mass is 402 g/mol. The van der Waals surface area contributed by atoms with E-state index in [0.717, 1.165) is 49.4 Å². The van der Waals surface area contributed by atoms with Crippen LogP contribution in [0, 0.1) is 5.92 Å². The van der Waals surface area contributed by atoms with Gasteiger partial charge in [-0.2, -0.15) is 0 Å². The Kier molecular flexibility index (Phi) is 4.99. The van der Waals surface area contributed by atoms with Crippen molar-refractivity contribution in [2.75, 3.05) is 42.5 Å². The quantitative estimate of drug-likeness (QED) is 0.792. The zero-order valence-corrected chi connectivity index (χ0v) is 17.0. The third-order valence-electron chi connectivity index (χ3n) is 6.38. The van der Waals surface area contributed by atoms with Gasteiger partial charge >= 0.3 is 0 Å². The zero-order valence-electron chi connectivity index (χ0n) is 17.0. The maximum absolute atomic E-state index is 13.3. The number of fused-ring (bicyclic) bond motifs is 2. The fourth-order valence-corrected chi connectivity index (χ4v) is 4.73. The van der Waals surface area contributed by atoms with E-state index < -0.39 is 0 Å². The first-order valence-electron chi connectivity index (χ1n) is 10.8. The Hall–Kier alpha value is -3.15. The lowest BCUT2D eigenvalue weighted by Gasteiger charge is -2.37. The van der Waals surface area contributed by atoms with Gasteiger partial charge in [-0.25, -0.2) is 0 Å². The van der Waals surface area contributed by atoms with Crippen LogP contribution in [-0.2, 0) is 9.59 Å². The molecule has 6 heteroatoms. The van der Waals surface area contributed by atoms with E-state index in [1.165, 1.54) is 5.69 Å². The molecule has 2 aromatic rings. The van der Waals surface area contributed by atoms with Crippen molar-refractivity contribution in [1.29, 1.82) is 0 Å². The van der Waals surface area contributed by atoms with E-state index in [2.05, 4.69) is 17.0 Å². The Morgan fingerprint density at radius 1 is 0.967 bits per heavy atom. The number of carbonyl (C=O) groups excluding carboxylic acids is 2. The second-order valence-corrected chi connectivity index (χ2v) is 8.16. The fraction of sp³-hybridized carbons (Fsp3) is 0.375. The molecule has 0 bridgehead atoms. The van der Waals surface area contributed by atoms with E-state index in [1.54, 1.807) is 4.90 Å². The minimum atomic E-state index is -0.180. The first-order chi connectivity index (χ1) is 14.7. The molecule has 1 saturated carbocycles. The van der Waals surface area contributed by atoms with Crippen LogP contribution in [-0.4, -0.2) is 55.1 Å². The molecule has 0 radical (unpaired) electrons. The Morgan fingerprint density at radius 2 is 1.70 bits per heavy atom. The Labute approximate surface area is 176 Å². The molecule has 0 N–H and O–H groups in total. The maximum Gasteiger partial charge on any atom is 0.242 e. The van der Waals surface area contributed by atoms with Crippen LogP contribution in [0.3, 0.4) is 0 Å². The molecule has 0 spiro atoms. The molecule has 0 aromatic heterocycles. The maximum atomic E-state index is 13.3. The van der Waals surface area contributed by atoms with Gasteiger partial charge in [-0.15, -0.1) is 0 Å². The van der Waals surface area contributed by atoms with Crippen molar-refractivity contribution in [3.63, 3.8) is 0 Å². The fourth-order valence-electron chi connectivity index (χ4n) is 4.73. The van der Waals surface area contributed by atoms with Crippen molar-refractivity contribution < 1.29 is 9.59 Å². The van der Waals surface area contributed by atoms with Crippen molar-refractivity contribution >= 4 is 34.6 Å². The summed E-state index contributed by atoms with van der Waals surface area (Å²) >= 11 is 0. The van der Waals surface area contributed by atoms with Crippen LogP contribution in [0.25, 0.3) is 0 Å². The van der Waals surface area contributed by atoms with E-state index >= 15 is 0 Å². The number of amides is 2. The van der Waals surface area contributed by atoms with Gasteiger partial charge in [0.05, 0.1) is 17.3 Å². The minimum Gasteiger partial charge on any atom is -0.368 e.